The maximum atomic E-state index is 12.6. The smallest absolute Gasteiger partial charge is 0.251 e. The van der Waals surface area contributed by atoms with E-state index in [-0.39, 0.29) is 12.0 Å². The first kappa shape index (κ1) is 17.4. The van der Waals surface area contributed by atoms with E-state index >= 15 is 0 Å². The van der Waals surface area contributed by atoms with Gasteiger partial charge in [0.1, 0.15) is 11.9 Å². The molecule has 3 rings (SSSR count). The molecule has 7 heteroatoms. The molecule has 1 saturated heterocycles. The van der Waals surface area contributed by atoms with Crippen LogP contribution in [-0.4, -0.2) is 57.5 Å². The predicted molar refractivity (Wildman–Crippen MR) is 88.5 cm³/mol. The summed E-state index contributed by atoms with van der Waals surface area (Å²) >= 11 is 0. The SMILES string of the molecule is CC(C)c1nnc2n1CCN(C(=O)[C@@H](C)OC[C@H]1CCCCO1)C2. The minimum absolute atomic E-state index is 0.0196. The minimum atomic E-state index is -0.449. The third-order valence-electron chi connectivity index (χ3n) is 4.76. The third-order valence-corrected chi connectivity index (χ3v) is 4.76. The molecule has 0 N–H and O–H groups in total. The first-order chi connectivity index (χ1) is 11.6. The van der Waals surface area contributed by atoms with E-state index in [1.165, 1.54) is 6.42 Å². The van der Waals surface area contributed by atoms with Crippen molar-refractivity contribution in [2.75, 3.05) is 19.8 Å². The van der Waals surface area contributed by atoms with E-state index in [4.69, 9.17) is 9.47 Å². The van der Waals surface area contributed by atoms with Gasteiger partial charge in [0.05, 0.1) is 19.3 Å². The highest BCUT2D eigenvalue weighted by atomic mass is 16.5. The lowest BCUT2D eigenvalue weighted by molar-refractivity contribution is -0.147. The molecule has 0 aromatic carbocycles. The first-order valence-electron chi connectivity index (χ1n) is 9.00. The Hall–Kier alpha value is -1.47. The first-order valence-corrected chi connectivity index (χ1v) is 9.00. The van der Waals surface area contributed by atoms with Crippen LogP contribution in [0.3, 0.4) is 0 Å². The average molecular weight is 336 g/mol. The fraction of sp³-hybridized carbons (Fsp3) is 0.824. The van der Waals surface area contributed by atoms with Gasteiger partial charge < -0.3 is 18.9 Å². The van der Waals surface area contributed by atoms with E-state index in [0.717, 1.165) is 37.6 Å². The number of hydrogen-bond donors (Lipinski definition) is 0. The lowest BCUT2D eigenvalue weighted by atomic mass is 10.1. The molecule has 0 aliphatic carbocycles. The number of amides is 1. The number of ether oxygens (including phenoxy) is 2. The van der Waals surface area contributed by atoms with E-state index in [2.05, 4.69) is 28.6 Å². The summed E-state index contributed by atoms with van der Waals surface area (Å²) in [6.45, 7) is 9.27. The van der Waals surface area contributed by atoms with Gasteiger partial charge in [-0.15, -0.1) is 10.2 Å². The Kier molecular flexibility index (Phi) is 5.50. The highest BCUT2D eigenvalue weighted by Gasteiger charge is 2.28. The van der Waals surface area contributed by atoms with E-state index in [0.29, 0.717) is 25.6 Å². The van der Waals surface area contributed by atoms with Crippen molar-refractivity contribution in [2.45, 2.75) is 71.2 Å². The van der Waals surface area contributed by atoms with Crippen LogP contribution < -0.4 is 0 Å². The lowest BCUT2D eigenvalue weighted by Gasteiger charge is -2.31. The normalized spacial score (nSPS) is 22.5. The monoisotopic (exact) mass is 336 g/mol. The van der Waals surface area contributed by atoms with Crippen LogP contribution >= 0.6 is 0 Å². The lowest BCUT2D eigenvalue weighted by Crippen LogP contribution is -2.44. The van der Waals surface area contributed by atoms with Crippen molar-refractivity contribution >= 4 is 5.91 Å². The second-order valence-corrected chi connectivity index (χ2v) is 7.00. The van der Waals surface area contributed by atoms with Crippen molar-refractivity contribution in [2.24, 2.45) is 0 Å². The van der Waals surface area contributed by atoms with Crippen LogP contribution in [0.1, 0.15) is 57.6 Å². The molecule has 1 fully saturated rings. The van der Waals surface area contributed by atoms with Crippen LogP contribution in [0.15, 0.2) is 0 Å². The predicted octanol–water partition coefficient (Wildman–Crippen LogP) is 1.72. The molecular weight excluding hydrogens is 308 g/mol. The van der Waals surface area contributed by atoms with Crippen molar-refractivity contribution in [3.63, 3.8) is 0 Å². The molecule has 0 spiro atoms. The Morgan fingerprint density at radius 1 is 1.29 bits per heavy atom. The highest BCUT2D eigenvalue weighted by Crippen LogP contribution is 2.19. The molecular formula is C17H28N4O3. The molecule has 24 heavy (non-hydrogen) atoms. The molecule has 0 bridgehead atoms. The van der Waals surface area contributed by atoms with E-state index in [1.807, 2.05) is 11.8 Å². The zero-order valence-electron chi connectivity index (χ0n) is 14.9. The van der Waals surface area contributed by atoms with Gasteiger partial charge in [-0.2, -0.15) is 0 Å². The minimum Gasteiger partial charge on any atom is -0.376 e. The van der Waals surface area contributed by atoms with Crippen LogP contribution in [0.2, 0.25) is 0 Å². The largest absolute Gasteiger partial charge is 0.376 e. The topological polar surface area (TPSA) is 69.5 Å². The summed E-state index contributed by atoms with van der Waals surface area (Å²) in [5.41, 5.74) is 0. The molecule has 0 saturated carbocycles. The van der Waals surface area contributed by atoms with Gasteiger partial charge in [-0.1, -0.05) is 13.8 Å². The number of aromatic nitrogens is 3. The summed E-state index contributed by atoms with van der Waals surface area (Å²) in [5, 5.41) is 8.51. The maximum absolute atomic E-state index is 12.6. The van der Waals surface area contributed by atoms with Gasteiger partial charge in [-0.05, 0) is 26.2 Å². The molecule has 1 aromatic rings. The van der Waals surface area contributed by atoms with Crippen molar-refractivity contribution in [1.82, 2.24) is 19.7 Å². The quantitative estimate of drug-likeness (QED) is 0.819. The van der Waals surface area contributed by atoms with Crippen LogP contribution in [0.4, 0.5) is 0 Å². The number of carbonyl (C=O) groups is 1. The van der Waals surface area contributed by atoms with Crippen LogP contribution in [0.5, 0.6) is 0 Å². The van der Waals surface area contributed by atoms with Gasteiger partial charge in [-0.25, -0.2) is 0 Å². The summed E-state index contributed by atoms with van der Waals surface area (Å²) in [6.07, 6.45) is 3.00. The molecule has 2 aliphatic heterocycles. The fourth-order valence-electron chi connectivity index (χ4n) is 3.31. The summed E-state index contributed by atoms with van der Waals surface area (Å²) in [5.74, 6) is 2.22. The van der Waals surface area contributed by atoms with Crippen molar-refractivity contribution < 1.29 is 14.3 Å². The maximum Gasteiger partial charge on any atom is 0.251 e. The summed E-state index contributed by atoms with van der Waals surface area (Å²) < 4.78 is 13.6. The molecule has 1 aromatic heterocycles. The zero-order valence-corrected chi connectivity index (χ0v) is 14.9. The van der Waals surface area contributed by atoms with Gasteiger partial charge in [0.25, 0.3) is 5.91 Å². The molecule has 0 radical (unpaired) electrons. The molecule has 2 aliphatic rings. The van der Waals surface area contributed by atoms with E-state index in [9.17, 15) is 4.79 Å². The van der Waals surface area contributed by atoms with Crippen molar-refractivity contribution in [1.29, 1.82) is 0 Å². The van der Waals surface area contributed by atoms with Crippen molar-refractivity contribution in [3.05, 3.63) is 11.6 Å². The molecule has 2 atom stereocenters. The summed E-state index contributed by atoms with van der Waals surface area (Å²) in [7, 11) is 0. The van der Waals surface area contributed by atoms with E-state index in [1.54, 1.807) is 0 Å². The molecule has 1 amide bonds. The zero-order chi connectivity index (χ0) is 17.1. The third kappa shape index (κ3) is 3.78. The Morgan fingerprint density at radius 3 is 2.83 bits per heavy atom. The van der Waals surface area contributed by atoms with E-state index < -0.39 is 6.10 Å². The molecule has 0 unspecified atom stereocenters. The number of fused-ring (bicyclic) bond motifs is 1. The van der Waals surface area contributed by atoms with Crippen LogP contribution in [-0.2, 0) is 27.4 Å². The van der Waals surface area contributed by atoms with Crippen molar-refractivity contribution in [3.8, 4) is 0 Å². The Labute approximate surface area is 143 Å². The fourth-order valence-corrected chi connectivity index (χ4v) is 3.31. The Morgan fingerprint density at radius 2 is 2.12 bits per heavy atom. The number of carbonyl (C=O) groups excluding carboxylic acids is 1. The molecule has 134 valence electrons. The van der Waals surface area contributed by atoms with Gasteiger partial charge in [-0.3, -0.25) is 4.79 Å². The van der Waals surface area contributed by atoms with Crippen LogP contribution in [0.25, 0.3) is 0 Å². The number of rotatable bonds is 5. The molecule has 7 nitrogen and oxygen atoms in total. The summed E-state index contributed by atoms with van der Waals surface area (Å²) in [6, 6.07) is 0. The second kappa shape index (κ2) is 7.61. The van der Waals surface area contributed by atoms with Gasteiger partial charge in [0.15, 0.2) is 5.82 Å². The average Bonchev–Trinajstić information content (AvgIpc) is 3.03. The van der Waals surface area contributed by atoms with Gasteiger partial charge >= 0.3 is 0 Å². The number of nitrogens with zero attached hydrogens (tertiary/aromatic N) is 4. The van der Waals surface area contributed by atoms with Gasteiger partial charge in [0, 0.05) is 25.6 Å². The summed E-state index contributed by atoms with van der Waals surface area (Å²) in [4.78, 5) is 14.4. The Balaban J connectivity index is 1.53. The van der Waals surface area contributed by atoms with Gasteiger partial charge in [0.2, 0.25) is 0 Å². The number of hydrogen-bond acceptors (Lipinski definition) is 5. The standard InChI is InChI=1S/C17H28N4O3/c1-12(2)16-19-18-15-10-20(7-8-21(15)16)17(22)13(3)24-11-14-6-4-5-9-23-14/h12-14H,4-11H2,1-3H3/t13-,14-/m1/s1. The van der Waals surface area contributed by atoms with Crippen LogP contribution in [0, 0.1) is 0 Å². The second-order valence-electron chi connectivity index (χ2n) is 7.00. The Bertz CT molecular complexity index is 566. The highest BCUT2D eigenvalue weighted by molar-refractivity contribution is 5.80. The molecule has 3 heterocycles.